The second kappa shape index (κ2) is 9.22. The van der Waals surface area contributed by atoms with Crippen molar-refractivity contribution in [3.05, 3.63) is 36.3 Å². The summed E-state index contributed by atoms with van der Waals surface area (Å²) in [6.07, 6.45) is 7.18. The third-order valence-corrected chi connectivity index (χ3v) is 6.06. The smallest absolute Gasteiger partial charge is 0.315 e. The van der Waals surface area contributed by atoms with Crippen LogP contribution in [0.5, 0.6) is 0 Å². The van der Waals surface area contributed by atoms with E-state index in [1.54, 1.807) is 0 Å². The van der Waals surface area contributed by atoms with Crippen LogP contribution in [0.25, 0.3) is 21.9 Å². The van der Waals surface area contributed by atoms with E-state index in [1.807, 2.05) is 45.2 Å². The number of nitrogens with one attached hydrogen (secondary N) is 2. The second-order valence-corrected chi connectivity index (χ2v) is 8.85. The molecule has 2 N–H and O–H groups in total. The van der Waals surface area contributed by atoms with Crippen LogP contribution < -0.4 is 10.6 Å². The van der Waals surface area contributed by atoms with Gasteiger partial charge in [-0.15, -0.1) is 0 Å². The van der Waals surface area contributed by atoms with Crippen LogP contribution in [0.1, 0.15) is 58.7 Å². The highest BCUT2D eigenvalue weighted by Gasteiger charge is 2.35. The molecule has 2 aromatic heterocycles. The van der Waals surface area contributed by atoms with Crippen LogP contribution in [0.2, 0.25) is 0 Å². The molecule has 0 radical (unpaired) electrons. The second-order valence-electron chi connectivity index (χ2n) is 8.85. The van der Waals surface area contributed by atoms with Gasteiger partial charge in [-0.25, -0.2) is 9.78 Å². The largest absolute Gasteiger partial charge is 0.374 e. The lowest BCUT2D eigenvalue weighted by atomic mass is 9.81. The Hall–Kier alpha value is -2.67. The maximum absolute atomic E-state index is 12.7. The van der Waals surface area contributed by atoms with Crippen LogP contribution in [0.4, 0.5) is 4.79 Å². The first-order valence-corrected chi connectivity index (χ1v) is 11.4. The number of fused-ring (bicyclic) bond motifs is 3. The van der Waals surface area contributed by atoms with Gasteiger partial charge < -0.3 is 19.9 Å². The molecule has 0 spiro atoms. The number of carbonyl (C=O) groups excluding carboxylic acids is 1. The van der Waals surface area contributed by atoms with Crippen molar-refractivity contribution in [3.63, 3.8) is 0 Å². The van der Waals surface area contributed by atoms with Gasteiger partial charge in [-0.05, 0) is 39.7 Å². The van der Waals surface area contributed by atoms with E-state index < -0.39 is 0 Å². The lowest BCUT2D eigenvalue weighted by Crippen LogP contribution is -2.56. The lowest BCUT2D eigenvalue weighted by Gasteiger charge is -2.39. The molecule has 1 aliphatic carbocycles. The zero-order valence-electron chi connectivity index (χ0n) is 18.8. The summed E-state index contributed by atoms with van der Waals surface area (Å²) in [4.78, 5) is 22.2. The first-order valence-electron chi connectivity index (χ1n) is 11.4. The first-order chi connectivity index (χ1) is 15.0. The normalized spacial score (nSPS) is 16.1. The Bertz CT molecular complexity index is 1050. The Morgan fingerprint density at radius 1 is 1.19 bits per heavy atom. The third-order valence-electron chi connectivity index (χ3n) is 6.06. The molecule has 2 heterocycles. The molecule has 0 aliphatic heterocycles. The van der Waals surface area contributed by atoms with Crippen molar-refractivity contribution in [2.75, 3.05) is 6.61 Å². The van der Waals surface area contributed by atoms with Crippen LogP contribution in [0.15, 0.2) is 30.5 Å². The van der Waals surface area contributed by atoms with Gasteiger partial charge in [-0.2, -0.15) is 0 Å². The molecule has 0 atom stereocenters. The highest BCUT2D eigenvalue weighted by Crippen LogP contribution is 2.33. The predicted octanol–water partition coefficient (Wildman–Crippen LogP) is 4.53. The number of hydrogen-bond acceptors (Lipinski definition) is 4. The van der Waals surface area contributed by atoms with E-state index in [4.69, 9.17) is 9.72 Å². The van der Waals surface area contributed by atoms with E-state index in [0.29, 0.717) is 19.8 Å². The number of amides is 2. The first kappa shape index (κ1) is 21.6. The van der Waals surface area contributed by atoms with E-state index >= 15 is 0 Å². The molecule has 7 nitrogen and oxygen atoms in total. The van der Waals surface area contributed by atoms with Crippen molar-refractivity contribution in [2.45, 2.75) is 77.6 Å². The molecule has 2 amide bonds. The summed E-state index contributed by atoms with van der Waals surface area (Å²) in [5, 5.41) is 7.42. The number of hydrogen-bond donors (Lipinski definition) is 2. The van der Waals surface area contributed by atoms with Gasteiger partial charge in [0.1, 0.15) is 17.9 Å². The summed E-state index contributed by atoms with van der Waals surface area (Å²) in [5.74, 6) is 0.881. The number of carbonyl (C=O) groups is 1. The van der Waals surface area contributed by atoms with Crippen molar-refractivity contribution >= 4 is 28.0 Å². The monoisotopic (exact) mass is 423 g/mol. The quantitative estimate of drug-likeness (QED) is 0.585. The van der Waals surface area contributed by atoms with Gasteiger partial charge in [-0.3, -0.25) is 4.98 Å². The van der Waals surface area contributed by atoms with Crippen molar-refractivity contribution in [3.8, 4) is 0 Å². The van der Waals surface area contributed by atoms with Gasteiger partial charge in [0.25, 0.3) is 0 Å². The highest BCUT2D eigenvalue weighted by atomic mass is 16.5. The minimum atomic E-state index is -0.309. The molecule has 1 aliphatic rings. The van der Waals surface area contributed by atoms with E-state index in [-0.39, 0.29) is 17.6 Å². The summed E-state index contributed by atoms with van der Waals surface area (Å²) < 4.78 is 8.01. The Labute approximate surface area is 183 Å². The highest BCUT2D eigenvalue weighted by molar-refractivity contribution is 6.02. The number of imidazole rings is 1. The molecule has 0 bridgehead atoms. The molecule has 0 unspecified atom stereocenters. The van der Waals surface area contributed by atoms with Gasteiger partial charge in [0.2, 0.25) is 0 Å². The molecule has 0 saturated heterocycles. The maximum atomic E-state index is 12.7. The van der Waals surface area contributed by atoms with Crippen molar-refractivity contribution in [1.82, 2.24) is 25.2 Å². The zero-order chi connectivity index (χ0) is 21.8. The maximum Gasteiger partial charge on any atom is 0.315 e. The van der Waals surface area contributed by atoms with Gasteiger partial charge in [-0.1, -0.05) is 37.5 Å². The van der Waals surface area contributed by atoms with Crippen molar-refractivity contribution in [1.29, 1.82) is 0 Å². The van der Waals surface area contributed by atoms with Crippen LogP contribution in [-0.4, -0.2) is 38.8 Å². The Morgan fingerprint density at radius 3 is 2.71 bits per heavy atom. The number of pyridine rings is 1. The average Bonchev–Trinajstić information content (AvgIpc) is 3.09. The molecular formula is C24H33N5O2. The fourth-order valence-electron chi connectivity index (χ4n) is 4.68. The van der Waals surface area contributed by atoms with E-state index in [9.17, 15) is 4.79 Å². The molecule has 1 saturated carbocycles. The number of nitrogens with zero attached hydrogens (tertiary/aromatic N) is 3. The molecular weight excluding hydrogens is 390 g/mol. The average molecular weight is 424 g/mol. The standard InChI is InChI=1S/C24H33N5O2/c1-4-31-15-21-27-20-14-25-19-11-7-6-10-18(19)22(20)29(21)16-24(12-8-5-9-13-24)28-23(30)26-17(2)3/h6-7,10-11,14,17H,4-5,8-9,12-13,15-16H2,1-3H3,(H2,26,28,30). The van der Waals surface area contributed by atoms with Gasteiger partial charge in [0.05, 0.1) is 22.8 Å². The van der Waals surface area contributed by atoms with Gasteiger partial charge in [0.15, 0.2) is 0 Å². The van der Waals surface area contributed by atoms with E-state index in [2.05, 4.69) is 26.3 Å². The van der Waals surface area contributed by atoms with Crippen LogP contribution in [-0.2, 0) is 17.9 Å². The summed E-state index contributed by atoms with van der Waals surface area (Å²) >= 11 is 0. The number of aromatic nitrogens is 3. The predicted molar refractivity (Wildman–Crippen MR) is 123 cm³/mol. The Morgan fingerprint density at radius 2 is 1.97 bits per heavy atom. The van der Waals surface area contributed by atoms with Crippen LogP contribution in [0, 0.1) is 0 Å². The summed E-state index contributed by atoms with van der Waals surface area (Å²) in [6.45, 7) is 7.69. The zero-order valence-corrected chi connectivity index (χ0v) is 18.8. The number of rotatable bonds is 7. The van der Waals surface area contributed by atoms with E-state index in [0.717, 1.165) is 53.4 Å². The molecule has 3 aromatic rings. The minimum Gasteiger partial charge on any atom is -0.374 e. The number of urea groups is 1. The minimum absolute atomic E-state index is 0.0956. The summed E-state index contributed by atoms with van der Waals surface area (Å²) in [6, 6.07) is 8.16. The fraction of sp³-hybridized carbons (Fsp3) is 0.542. The summed E-state index contributed by atoms with van der Waals surface area (Å²) in [5.41, 5.74) is 2.57. The Kier molecular flexibility index (Phi) is 6.41. The van der Waals surface area contributed by atoms with Gasteiger partial charge in [0, 0.05) is 24.6 Å². The fourth-order valence-corrected chi connectivity index (χ4v) is 4.68. The topological polar surface area (TPSA) is 81.1 Å². The molecule has 1 aromatic carbocycles. The Balaban J connectivity index is 1.79. The van der Waals surface area contributed by atoms with Crippen LogP contribution >= 0.6 is 0 Å². The molecule has 7 heteroatoms. The van der Waals surface area contributed by atoms with Gasteiger partial charge >= 0.3 is 6.03 Å². The number of benzene rings is 1. The third kappa shape index (κ3) is 4.66. The van der Waals surface area contributed by atoms with Crippen LogP contribution in [0.3, 0.4) is 0 Å². The molecule has 1 fully saturated rings. The van der Waals surface area contributed by atoms with Crippen molar-refractivity contribution in [2.24, 2.45) is 0 Å². The molecule has 31 heavy (non-hydrogen) atoms. The van der Waals surface area contributed by atoms with E-state index in [1.165, 1.54) is 6.42 Å². The SMILES string of the molecule is CCOCc1nc2cnc3ccccc3c2n1CC1(NC(=O)NC(C)C)CCCCC1. The van der Waals surface area contributed by atoms with Crippen molar-refractivity contribution < 1.29 is 9.53 Å². The molecule has 166 valence electrons. The number of ether oxygens (including phenoxy) is 1. The summed E-state index contributed by atoms with van der Waals surface area (Å²) in [7, 11) is 0. The number of para-hydroxylation sites is 1. The lowest BCUT2D eigenvalue weighted by molar-refractivity contribution is 0.122. The molecule has 4 rings (SSSR count).